The Balaban J connectivity index is 1.46. The molecule has 0 radical (unpaired) electrons. The Morgan fingerprint density at radius 2 is 1.88 bits per heavy atom. The lowest BCUT2D eigenvalue weighted by molar-refractivity contribution is -0.123. The molecule has 1 aromatic rings. The average Bonchev–Trinajstić information content (AvgIpc) is 2.96. The maximum atomic E-state index is 12.4. The molecule has 0 spiro atoms. The summed E-state index contributed by atoms with van der Waals surface area (Å²) >= 11 is 0. The van der Waals surface area contributed by atoms with Crippen LogP contribution in [-0.4, -0.2) is 67.1 Å². The van der Waals surface area contributed by atoms with Crippen molar-refractivity contribution in [3.8, 4) is 0 Å². The fourth-order valence-corrected chi connectivity index (χ4v) is 3.97. The molecular formula is C19H30N4O. The molecule has 0 saturated carbocycles. The van der Waals surface area contributed by atoms with Gasteiger partial charge < -0.3 is 16.0 Å². The summed E-state index contributed by atoms with van der Waals surface area (Å²) in [5, 5.41) is 3.21. The number of carbonyl (C=O) groups is 1. The number of hydrogen-bond donors (Lipinski definition) is 2. The Labute approximate surface area is 145 Å². The van der Waals surface area contributed by atoms with Crippen LogP contribution in [0, 0.1) is 0 Å². The second-order valence-corrected chi connectivity index (χ2v) is 7.15. The van der Waals surface area contributed by atoms with Crippen molar-refractivity contribution in [1.29, 1.82) is 0 Å². The molecule has 0 aliphatic carbocycles. The van der Waals surface area contributed by atoms with E-state index in [1.807, 2.05) is 6.07 Å². The highest BCUT2D eigenvalue weighted by Gasteiger charge is 2.32. The minimum atomic E-state index is 0.105. The third-order valence-electron chi connectivity index (χ3n) is 5.44. The molecule has 1 aromatic carbocycles. The molecule has 1 amide bonds. The summed E-state index contributed by atoms with van der Waals surface area (Å²) in [6.45, 7) is 7.60. The first-order valence-electron chi connectivity index (χ1n) is 9.20. The molecule has 2 aliphatic heterocycles. The second-order valence-electron chi connectivity index (χ2n) is 7.15. The molecule has 0 aromatic heterocycles. The number of nitrogens with one attached hydrogen (secondary N) is 1. The van der Waals surface area contributed by atoms with Gasteiger partial charge in [-0.2, -0.15) is 0 Å². The third kappa shape index (κ3) is 4.35. The molecule has 2 atom stereocenters. The number of rotatable bonds is 5. The SMILES string of the molecule is CCN1CCC(NC(=O)CN2C[C@@H](N)[C@H](c3ccccc3)C2)CC1. The van der Waals surface area contributed by atoms with Gasteiger partial charge in [0.25, 0.3) is 0 Å². The summed E-state index contributed by atoms with van der Waals surface area (Å²) < 4.78 is 0. The van der Waals surface area contributed by atoms with Gasteiger partial charge in [-0.25, -0.2) is 0 Å². The van der Waals surface area contributed by atoms with Gasteiger partial charge in [0.2, 0.25) is 5.91 Å². The summed E-state index contributed by atoms with van der Waals surface area (Å²) in [5.74, 6) is 0.470. The first kappa shape index (κ1) is 17.4. The molecule has 132 valence electrons. The molecule has 3 rings (SSSR count). The molecule has 3 N–H and O–H groups in total. The quantitative estimate of drug-likeness (QED) is 0.846. The van der Waals surface area contributed by atoms with Gasteiger partial charge in [-0.1, -0.05) is 37.3 Å². The van der Waals surface area contributed by atoms with Crippen molar-refractivity contribution in [2.75, 3.05) is 39.3 Å². The van der Waals surface area contributed by atoms with Crippen LogP contribution in [0.15, 0.2) is 30.3 Å². The largest absolute Gasteiger partial charge is 0.352 e. The number of nitrogens with zero attached hydrogens (tertiary/aromatic N) is 2. The van der Waals surface area contributed by atoms with Crippen molar-refractivity contribution in [3.63, 3.8) is 0 Å². The van der Waals surface area contributed by atoms with E-state index < -0.39 is 0 Å². The molecule has 2 fully saturated rings. The van der Waals surface area contributed by atoms with Crippen LogP contribution in [0.1, 0.15) is 31.2 Å². The van der Waals surface area contributed by atoms with E-state index in [4.69, 9.17) is 5.73 Å². The van der Waals surface area contributed by atoms with E-state index in [9.17, 15) is 4.79 Å². The van der Waals surface area contributed by atoms with Crippen molar-refractivity contribution in [2.24, 2.45) is 5.73 Å². The molecule has 24 heavy (non-hydrogen) atoms. The fraction of sp³-hybridized carbons (Fsp3) is 0.632. The van der Waals surface area contributed by atoms with Crippen LogP contribution in [0.4, 0.5) is 0 Å². The van der Waals surface area contributed by atoms with Crippen LogP contribution in [0.5, 0.6) is 0 Å². The van der Waals surface area contributed by atoms with Gasteiger partial charge in [-0.3, -0.25) is 9.69 Å². The van der Waals surface area contributed by atoms with Gasteiger partial charge in [-0.15, -0.1) is 0 Å². The number of carbonyl (C=O) groups excluding carboxylic acids is 1. The van der Waals surface area contributed by atoms with Gasteiger partial charge in [0.1, 0.15) is 0 Å². The first-order valence-corrected chi connectivity index (χ1v) is 9.20. The maximum Gasteiger partial charge on any atom is 0.234 e. The van der Waals surface area contributed by atoms with Crippen LogP contribution in [0.2, 0.25) is 0 Å². The van der Waals surface area contributed by atoms with E-state index in [1.54, 1.807) is 0 Å². The Morgan fingerprint density at radius 1 is 1.17 bits per heavy atom. The van der Waals surface area contributed by atoms with Crippen molar-refractivity contribution in [1.82, 2.24) is 15.1 Å². The van der Waals surface area contributed by atoms with Gasteiger partial charge in [-0.05, 0) is 24.9 Å². The molecular weight excluding hydrogens is 300 g/mol. The van der Waals surface area contributed by atoms with Crippen molar-refractivity contribution >= 4 is 5.91 Å². The molecule has 2 saturated heterocycles. The van der Waals surface area contributed by atoms with Gasteiger partial charge in [0.05, 0.1) is 6.54 Å². The minimum absolute atomic E-state index is 0.105. The smallest absolute Gasteiger partial charge is 0.234 e. The molecule has 0 unspecified atom stereocenters. The van der Waals surface area contributed by atoms with E-state index in [2.05, 4.69) is 46.3 Å². The average molecular weight is 330 g/mol. The molecule has 5 nitrogen and oxygen atoms in total. The number of benzene rings is 1. The zero-order valence-corrected chi connectivity index (χ0v) is 14.7. The van der Waals surface area contributed by atoms with Crippen LogP contribution < -0.4 is 11.1 Å². The van der Waals surface area contributed by atoms with Gasteiger partial charge in [0, 0.05) is 44.2 Å². The number of hydrogen-bond acceptors (Lipinski definition) is 4. The lowest BCUT2D eigenvalue weighted by Crippen LogP contribution is -2.47. The van der Waals surface area contributed by atoms with Crippen molar-refractivity contribution < 1.29 is 4.79 Å². The topological polar surface area (TPSA) is 61.6 Å². The number of nitrogens with two attached hydrogens (primary N) is 1. The normalized spacial score (nSPS) is 26.6. The fourth-order valence-electron chi connectivity index (χ4n) is 3.97. The van der Waals surface area contributed by atoms with Gasteiger partial charge >= 0.3 is 0 Å². The lowest BCUT2D eigenvalue weighted by atomic mass is 9.95. The highest BCUT2D eigenvalue weighted by atomic mass is 16.2. The van der Waals surface area contributed by atoms with Crippen LogP contribution in [0.3, 0.4) is 0 Å². The van der Waals surface area contributed by atoms with Crippen LogP contribution >= 0.6 is 0 Å². The Morgan fingerprint density at radius 3 is 2.54 bits per heavy atom. The molecule has 2 aliphatic rings. The predicted octanol–water partition coefficient (Wildman–Crippen LogP) is 1.01. The number of amides is 1. The van der Waals surface area contributed by atoms with E-state index >= 15 is 0 Å². The van der Waals surface area contributed by atoms with Crippen LogP contribution in [0.25, 0.3) is 0 Å². The number of piperidine rings is 1. The van der Waals surface area contributed by atoms with Crippen molar-refractivity contribution in [3.05, 3.63) is 35.9 Å². The monoisotopic (exact) mass is 330 g/mol. The van der Waals surface area contributed by atoms with E-state index in [0.717, 1.165) is 45.6 Å². The van der Waals surface area contributed by atoms with Crippen molar-refractivity contribution in [2.45, 2.75) is 37.8 Å². The van der Waals surface area contributed by atoms with E-state index in [1.165, 1.54) is 5.56 Å². The second kappa shape index (κ2) is 8.10. The van der Waals surface area contributed by atoms with E-state index in [0.29, 0.717) is 18.5 Å². The third-order valence-corrected chi connectivity index (χ3v) is 5.44. The summed E-state index contributed by atoms with van der Waals surface area (Å²) in [6.07, 6.45) is 2.12. The summed E-state index contributed by atoms with van der Waals surface area (Å²) in [7, 11) is 0. The Hall–Kier alpha value is -1.43. The zero-order valence-electron chi connectivity index (χ0n) is 14.7. The first-order chi connectivity index (χ1) is 11.7. The predicted molar refractivity (Wildman–Crippen MR) is 96.9 cm³/mol. The summed E-state index contributed by atoms with van der Waals surface area (Å²) in [5.41, 5.74) is 7.59. The standard InChI is InChI=1S/C19H30N4O/c1-2-22-10-8-16(9-11-22)21-19(24)14-23-12-17(18(20)13-23)15-6-4-3-5-7-15/h3-7,16-18H,2,8-14,20H2,1H3,(H,21,24)/t17-,18+/m0/s1. The molecule has 5 heteroatoms. The highest BCUT2D eigenvalue weighted by Crippen LogP contribution is 2.26. The Kier molecular flexibility index (Phi) is 5.87. The highest BCUT2D eigenvalue weighted by molar-refractivity contribution is 5.78. The summed E-state index contributed by atoms with van der Waals surface area (Å²) in [4.78, 5) is 17.0. The molecule has 0 bridgehead atoms. The lowest BCUT2D eigenvalue weighted by Gasteiger charge is -2.31. The van der Waals surface area contributed by atoms with E-state index in [-0.39, 0.29) is 11.9 Å². The molecule has 2 heterocycles. The maximum absolute atomic E-state index is 12.4. The zero-order chi connectivity index (χ0) is 16.9. The Bertz CT molecular complexity index is 527. The minimum Gasteiger partial charge on any atom is -0.352 e. The number of likely N-dealkylation sites (tertiary alicyclic amines) is 2. The van der Waals surface area contributed by atoms with Gasteiger partial charge in [0.15, 0.2) is 0 Å². The van der Waals surface area contributed by atoms with Crippen LogP contribution in [-0.2, 0) is 4.79 Å². The summed E-state index contributed by atoms with van der Waals surface area (Å²) in [6, 6.07) is 10.8.